The van der Waals surface area contributed by atoms with Gasteiger partial charge in [0.05, 0.1) is 35.3 Å². The minimum atomic E-state index is -1.78. The normalized spacial score (nSPS) is 43.5. The van der Waals surface area contributed by atoms with Gasteiger partial charge >= 0.3 is 5.97 Å². The molecule has 2 bridgehead atoms. The number of Topliss-reactive ketones (excluding diaryl/α,β-unsaturated/α-hetero) is 1. The van der Waals surface area contributed by atoms with Crippen molar-refractivity contribution in [3.05, 3.63) is 51.6 Å². The van der Waals surface area contributed by atoms with Crippen molar-refractivity contribution in [1.29, 1.82) is 0 Å². The van der Waals surface area contributed by atoms with Gasteiger partial charge in [0.15, 0.2) is 5.78 Å². The van der Waals surface area contributed by atoms with E-state index in [-0.39, 0.29) is 68.4 Å². The van der Waals surface area contributed by atoms with E-state index in [1.165, 1.54) is 152 Å². The maximum atomic E-state index is 13.4. The highest BCUT2D eigenvalue weighted by Gasteiger charge is 2.77. The fourth-order valence-electron chi connectivity index (χ4n) is 24.1. The molecular weight excluding hydrogens is 1000 g/mol. The summed E-state index contributed by atoms with van der Waals surface area (Å²) in [4.78, 5) is 25.7. The smallest absolute Gasteiger partial charge is 0.335 e. The van der Waals surface area contributed by atoms with E-state index in [9.17, 15) is 45.3 Å². The Labute approximate surface area is 464 Å². The first-order chi connectivity index (χ1) is 37.9. The number of hydrogen-bond donors (Lipinski definition) is 7. The van der Waals surface area contributed by atoms with Gasteiger partial charge in [0.2, 0.25) is 6.29 Å². The van der Waals surface area contributed by atoms with Crippen LogP contribution in [0.5, 0.6) is 17.2 Å². The van der Waals surface area contributed by atoms with Crippen molar-refractivity contribution in [1.82, 2.24) is 0 Å². The highest BCUT2D eigenvalue weighted by molar-refractivity contribution is 6.11. The SMILES string of the molecule is CC(=O)c1c(C)c(O)c2cc(C(=O)O)cc(OC3OC4C(O)C5(CCCC5)CC5OC4(CC4C6=C5CC=C6C5(CCCO)COCC6CC7(CC4C65)CC4(CCCC4)C4(CCCC45CCC4(CCCC4)C5)C7)C(O)C3O)c2c1O. The van der Waals surface area contributed by atoms with Crippen LogP contribution in [0.1, 0.15) is 207 Å². The molecule has 11 fully saturated rings. The molecule has 0 radical (unpaired) electrons. The second-order valence-electron chi connectivity index (χ2n) is 29.6. The summed E-state index contributed by atoms with van der Waals surface area (Å²) in [7, 11) is 0. The van der Waals surface area contributed by atoms with Gasteiger partial charge in [0.25, 0.3) is 0 Å². The fraction of sp³-hybridized carbons (Fsp3) is 0.758. The molecule has 8 saturated carbocycles. The Hall–Kier alpha value is -3.56. The van der Waals surface area contributed by atoms with Crippen molar-refractivity contribution in [2.45, 2.75) is 230 Å². The van der Waals surface area contributed by atoms with Crippen molar-refractivity contribution < 1.29 is 64.3 Å². The first-order valence-corrected chi connectivity index (χ1v) is 31.4. The van der Waals surface area contributed by atoms with Crippen LogP contribution >= 0.6 is 0 Å². The van der Waals surface area contributed by atoms with Crippen LogP contribution < -0.4 is 4.74 Å². The molecule has 4 heterocycles. The van der Waals surface area contributed by atoms with Crippen LogP contribution in [-0.2, 0) is 14.2 Å². The topological polar surface area (TPSA) is 213 Å². The molecule has 4 aliphatic heterocycles. The Morgan fingerprint density at radius 1 is 0.785 bits per heavy atom. The standard InChI is InChI=1S/C66H86O13/c1-36-47(37(2)68)52(70)49-41(51(36)69)25-38(57(74)75)26-45(49)77-58-53(71)54(72)66-29-42-43-28-60(33-62(17-7-8-18-62)65(34-60)21-9-19-63(65)23-22-59(32-63)13-3-4-14-59)27-39-31-76-35-64(50(39)43,20-10-24-67)44-12-11-40(48(42)44)46(79-66)30-61(15-5-6-16-61)55(73)56(66)78-58/h12,25-26,39,42-43,46,50,53-56,58,67,69-73H,3-11,13-24,27-35H2,1-2H3,(H,74,75). The summed E-state index contributed by atoms with van der Waals surface area (Å²) in [5.74, 6) is -2.38. The molecule has 7 spiro atoms. The summed E-state index contributed by atoms with van der Waals surface area (Å²) in [5, 5.41) is 83.8. The van der Waals surface area contributed by atoms with Crippen LogP contribution in [0.3, 0.4) is 0 Å². The summed E-state index contributed by atoms with van der Waals surface area (Å²) in [6.07, 6.45) is 25.1. The molecule has 15 atom stereocenters. The largest absolute Gasteiger partial charge is 0.507 e. The van der Waals surface area contributed by atoms with Gasteiger partial charge in [-0.15, -0.1) is 0 Å². The zero-order valence-corrected chi connectivity index (χ0v) is 46.8. The quantitative estimate of drug-likeness (QED) is 0.102. The van der Waals surface area contributed by atoms with Gasteiger partial charge in [-0.25, -0.2) is 4.79 Å². The highest BCUT2D eigenvalue weighted by Crippen LogP contribution is 2.85. The van der Waals surface area contributed by atoms with E-state index in [4.69, 9.17) is 18.9 Å². The maximum absolute atomic E-state index is 13.4. The molecule has 2 aromatic carbocycles. The van der Waals surface area contributed by atoms with Gasteiger partial charge in [-0.3, -0.25) is 4.79 Å². The molecule has 2 aromatic rings. The zero-order chi connectivity index (χ0) is 54.4. The van der Waals surface area contributed by atoms with E-state index >= 15 is 0 Å². The zero-order valence-electron chi connectivity index (χ0n) is 46.8. The van der Waals surface area contributed by atoms with Crippen LogP contribution in [0.2, 0.25) is 0 Å². The summed E-state index contributed by atoms with van der Waals surface area (Å²) >= 11 is 0. The third-order valence-electron chi connectivity index (χ3n) is 26.4. The Bertz CT molecular complexity index is 2960. The number of ether oxygens (including phenoxy) is 4. The number of allylic oxidation sites excluding steroid dienone is 2. The summed E-state index contributed by atoms with van der Waals surface area (Å²) in [6.45, 7) is 4.19. The van der Waals surface area contributed by atoms with Gasteiger partial charge in [-0.2, -0.15) is 0 Å². The van der Waals surface area contributed by atoms with Crippen LogP contribution in [0.15, 0.2) is 34.9 Å². The van der Waals surface area contributed by atoms with E-state index in [1.807, 2.05) is 0 Å². The molecule has 0 amide bonds. The van der Waals surface area contributed by atoms with Crippen molar-refractivity contribution in [3.63, 3.8) is 0 Å². The fourth-order valence-corrected chi connectivity index (χ4v) is 24.1. The van der Waals surface area contributed by atoms with E-state index in [0.717, 1.165) is 45.1 Å². The number of phenolic OH excluding ortho intramolecular Hbond substituents is 2. The molecule has 3 saturated heterocycles. The van der Waals surface area contributed by atoms with Crippen molar-refractivity contribution in [2.24, 2.45) is 61.6 Å². The number of fused-ring (bicyclic) bond motifs is 7. The number of aromatic hydroxyl groups is 2. The number of carbonyl (C=O) groups is 2. The number of rotatable bonds is 7. The van der Waals surface area contributed by atoms with Gasteiger partial charge in [-0.1, -0.05) is 51.0 Å². The average Bonchev–Trinajstić information content (AvgIpc) is 2.40. The number of carbonyl (C=O) groups excluding carboxylic acids is 1. The highest BCUT2D eigenvalue weighted by atomic mass is 16.7. The molecular formula is C66H86O13. The average molecular weight is 1090 g/mol. The number of benzene rings is 2. The molecule has 15 unspecified atom stereocenters. The van der Waals surface area contributed by atoms with E-state index in [1.54, 1.807) is 0 Å². The third kappa shape index (κ3) is 6.87. The van der Waals surface area contributed by atoms with E-state index in [0.29, 0.717) is 59.9 Å². The lowest BCUT2D eigenvalue weighted by Gasteiger charge is -2.64. The number of aliphatic hydroxyl groups excluding tert-OH is 4. The van der Waals surface area contributed by atoms with E-state index < -0.39 is 71.1 Å². The van der Waals surface area contributed by atoms with Gasteiger partial charge < -0.3 is 54.7 Å². The first-order valence-electron chi connectivity index (χ1n) is 31.4. The van der Waals surface area contributed by atoms with Crippen molar-refractivity contribution >= 4 is 22.5 Å². The van der Waals surface area contributed by atoms with E-state index in [2.05, 4.69) is 6.08 Å². The molecule has 13 heteroatoms. The maximum Gasteiger partial charge on any atom is 0.335 e. The molecule has 428 valence electrons. The number of carboxylic acid groups (broad SMARTS) is 1. The minimum Gasteiger partial charge on any atom is -0.507 e. The monoisotopic (exact) mass is 1090 g/mol. The number of aliphatic hydroxyl groups is 4. The van der Waals surface area contributed by atoms with Crippen LogP contribution in [-0.4, -0.2) is 110 Å². The van der Waals surface area contributed by atoms with Crippen molar-refractivity contribution in [2.75, 3.05) is 19.8 Å². The molecule has 0 aromatic heterocycles. The third-order valence-corrected chi connectivity index (χ3v) is 26.4. The Morgan fingerprint density at radius 2 is 1.51 bits per heavy atom. The Kier molecular flexibility index (Phi) is 11.7. The number of hydrogen-bond acceptors (Lipinski definition) is 12. The van der Waals surface area contributed by atoms with Gasteiger partial charge in [0, 0.05) is 35.0 Å². The second kappa shape index (κ2) is 17.7. The number of carboxylic acids is 1. The number of aromatic carboxylic acids is 1. The van der Waals surface area contributed by atoms with Gasteiger partial charge in [-0.05, 0) is 222 Å². The van der Waals surface area contributed by atoms with Crippen LogP contribution in [0.4, 0.5) is 0 Å². The van der Waals surface area contributed by atoms with Crippen LogP contribution in [0, 0.1) is 68.5 Å². The number of phenols is 2. The molecule has 9 aliphatic carbocycles. The minimum absolute atomic E-state index is 0.0719. The molecule has 13 nitrogen and oxygen atoms in total. The van der Waals surface area contributed by atoms with Crippen molar-refractivity contribution in [3.8, 4) is 17.2 Å². The first kappa shape index (κ1) is 52.3. The predicted octanol–water partition coefficient (Wildman–Crippen LogP) is 11.1. The lowest BCUT2D eigenvalue weighted by molar-refractivity contribution is -0.339. The summed E-state index contributed by atoms with van der Waals surface area (Å²) in [6, 6.07) is 2.38. The molecule has 13 aliphatic rings. The molecule has 15 rings (SSSR count). The predicted molar refractivity (Wildman–Crippen MR) is 293 cm³/mol. The summed E-state index contributed by atoms with van der Waals surface area (Å²) < 4.78 is 28.5. The molecule has 79 heavy (non-hydrogen) atoms. The second-order valence-corrected chi connectivity index (χ2v) is 29.6. The molecule has 7 N–H and O–H groups in total. The number of ketones is 1. The summed E-state index contributed by atoms with van der Waals surface area (Å²) in [5.41, 5.74) is 2.78. The van der Waals surface area contributed by atoms with Crippen LogP contribution in [0.25, 0.3) is 10.8 Å². The Balaban J connectivity index is 0.864. The lowest BCUT2D eigenvalue weighted by Crippen LogP contribution is -2.72. The van der Waals surface area contributed by atoms with Gasteiger partial charge in [0.1, 0.15) is 41.2 Å². The lowest BCUT2D eigenvalue weighted by atomic mass is 9.42. The Morgan fingerprint density at radius 3 is 2.25 bits per heavy atom.